The van der Waals surface area contributed by atoms with Crippen LogP contribution in [-0.4, -0.2) is 32.5 Å². The number of hydrogen-bond donors (Lipinski definition) is 2. The molecule has 0 atom stereocenters. The van der Waals surface area contributed by atoms with Crippen molar-refractivity contribution in [1.82, 2.24) is 20.1 Å². The molecule has 0 unspecified atom stereocenters. The van der Waals surface area contributed by atoms with Gasteiger partial charge in [-0.15, -0.1) is 10.2 Å². The van der Waals surface area contributed by atoms with Gasteiger partial charge in [0.05, 0.1) is 5.69 Å². The highest BCUT2D eigenvalue weighted by Crippen LogP contribution is 2.31. The highest BCUT2D eigenvalue weighted by molar-refractivity contribution is 7.99. The maximum atomic E-state index is 11.7. The fourth-order valence-electron chi connectivity index (χ4n) is 3.14. The molecule has 2 aromatic carbocycles. The Balaban J connectivity index is 1.94. The lowest BCUT2D eigenvalue weighted by atomic mass is 9.87. The van der Waals surface area contributed by atoms with Crippen LogP contribution in [0.15, 0.2) is 53.7 Å². The van der Waals surface area contributed by atoms with E-state index >= 15 is 0 Å². The zero-order valence-corrected chi connectivity index (χ0v) is 19.0. The van der Waals surface area contributed by atoms with Gasteiger partial charge in [0.15, 0.2) is 11.0 Å². The molecule has 7 nitrogen and oxygen atoms in total. The van der Waals surface area contributed by atoms with E-state index in [2.05, 4.69) is 60.6 Å². The number of nitrogens with zero attached hydrogens (tertiary/aromatic N) is 3. The molecule has 0 bridgehead atoms. The maximum Gasteiger partial charge on any atom is 0.318 e. The number of rotatable bonds is 6. The Hall–Kier alpha value is -3.13. The highest BCUT2D eigenvalue weighted by atomic mass is 32.2. The van der Waals surface area contributed by atoms with Gasteiger partial charge in [-0.05, 0) is 29.5 Å². The molecule has 0 spiro atoms. The molecule has 0 fully saturated rings. The van der Waals surface area contributed by atoms with E-state index in [1.165, 1.54) is 17.3 Å². The third kappa shape index (κ3) is 5.52. The lowest BCUT2D eigenvalue weighted by molar-refractivity contribution is -0.119. The third-order valence-electron chi connectivity index (χ3n) is 4.82. The van der Waals surface area contributed by atoms with E-state index < -0.39 is 11.9 Å². The number of nitrogens with one attached hydrogen (secondary N) is 1. The summed E-state index contributed by atoms with van der Waals surface area (Å²) in [7, 11) is 0. The Morgan fingerprint density at radius 3 is 2.35 bits per heavy atom. The summed E-state index contributed by atoms with van der Waals surface area (Å²) < 4.78 is 2.01. The normalized spacial score (nSPS) is 11.4. The van der Waals surface area contributed by atoms with Crippen molar-refractivity contribution >= 4 is 23.7 Å². The van der Waals surface area contributed by atoms with Crippen LogP contribution in [0.2, 0.25) is 0 Å². The largest absolute Gasteiger partial charge is 0.351 e. The molecule has 3 N–H and O–H groups in total. The number of hydrogen-bond acceptors (Lipinski definition) is 5. The Morgan fingerprint density at radius 1 is 1.06 bits per heavy atom. The summed E-state index contributed by atoms with van der Waals surface area (Å²) >= 11 is 1.41. The first kappa shape index (κ1) is 22.6. The number of thioether (sulfide) groups is 1. The standard InChI is InChI=1S/C23H27N5O2S/c1-15-7-5-6-8-18(15)28-20(16-9-11-17(12-10-16)23(2,3)4)26-27-22(28)31-14-13-19(29)25-21(24)30/h5-12H,13-14H2,1-4H3,(H3,24,25,29,30). The van der Waals surface area contributed by atoms with Crippen LogP contribution in [-0.2, 0) is 10.2 Å². The Bertz CT molecular complexity index is 1080. The van der Waals surface area contributed by atoms with Gasteiger partial charge in [0.1, 0.15) is 0 Å². The summed E-state index contributed by atoms with van der Waals surface area (Å²) in [5.74, 6) is 0.755. The number of primary amides is 1. The number of aryl methyl sites for hydroxylation is 1. The minimum absolute atomic E-state index is 0.0642. The molecule has 0 aliphatic rings. The van der Waals surface area contributed by atoms with E-state index in [0.717, 1.165) is 22.6 Å². The van der Waals surface area contributed by atoms with E-state index in [0.29, 0.717) is 10.9 Å². The van der Waals surface area contributed by atoms with Crippen LogP contribution in [0.4, 0.5) is 4.79 Å². The van der Waals surface area contributed by atoms with Crippen LogP contribution in [0.3, 0.4) is 0 Å². The minimum Gasteiger partial charge on any atom is -0.351 e. The van der Waals surface area contributed by atoms with Crippen molar-refractivity contribution in [2.75, 3.05) is 5.75 Å². The topological polar surface area (TPSA) is 103 Å². The second-order valence-electron chi connectivity index (χ2n) is 8.27. The highest BCUT2D eigenvalue weighted by Gasteiger charge is 2.19. The summed E-state index contributed by atoms with van der Waals surface area (Å²) in [6.45, 7) is 8.58. The Morgan fingerprint density at radius 2 is 1.74 bits per heavy atom. The van der Waals surface area contributed by atoms with Gasteiger partial charge in [-0.3, -0.25) is 14.7 Å². The molecule has 1 heterocycles. The number of benzene rings is 2. The fraction of sp³-hybridized carbons (Fsp3) is 0.304. The van der Waals surface area contributed by atoms with E-state index in [1.807, 2.05) is 35.8 Å². The van der Waals surface area contributed by atoms with Gasteiger partial charge in [0.2, 0.25) is 5.91 Å². The number of carbonyl (C=O) groups excluding carboxylic acids is 2. The molecule has 0 saturated heterocycles. The van der Waals surface area contributed by atoms with Crippen molar-refractivity contribution in [2.24, 2.45) is 5.73 Å². The number of amides is 3. The van der Waals surface area contributed by atoms with Crippen LogP contribution in [0.1, 0.15) is 38.3 Å². The van der Waals surface area contributed by atoms with Crippen molar-refractivity contribution < 1.29 is 9.59 Å². The van der Waals surface area contributed by atoms with Crippen molar-refractivity contribution in [1.29, 1.82) is 0 Å². The molecule has 0 aliphatic carbocycles. The van der Waals surface area contributed by atoms with Crippen LogP contribution >= 0.6 is 11.8 Å². The summed E-state index contributed by atoms with van der Waals surface area (Å²) in [4.78, 5) is 22.5. The van der Waals surface area contributed by atoms with E-state index in [1.54, 1.807) is 0 Å². The second-order valence-corrected chi connectivity index (χ2v) is 9.33. The predicted octanol–water partition coefficient (Wildman–Crippen LogP) is 4.22. The molecule has 8 heteroatoms. The minimum atomic E-state index is -0.848. The first-order valence-corrected chi connectivity index (χ1v) is 11.0. The molecular formula is C23H27N5O2S. The van der Waals surface area contributed by atoms with Crippen molar-refractivity contribution in [3.05, 3.63) is 59.7 Å². The average Bonchev–Trinajstić information content (AvgIpc) is 3.11. The molecule has 0 aliphatic heterocycles. The quantitative estimate of drug-likeness (QED) is 0.562. The van der Waals surface area contributed by atoms with Crippen LogP contribution in [0.25, 0.3) is 17.1 Å². The third-order valence-corrected chi connectivity index (χ3v) is 5.75. The molecule has 0 radical (unpaired) electrons. The first-order valence-electron chi connectivity index (χ1n) is 10.0. The predicted molar refractivity (Wildman–Crippen MR) is 123 cm³/mol. The summed E-state index contributed by atoms with van der Waals surface area (Å²) in [5, 5.41) is 11.6. The number of para-hydroxylation sites is 1. The summed E-state index contributed by atoms with van der Waals surface area (Å²) in [6.07, 6.45) is 0.143. The van der Waals surface area contributed by atoms with E-state index in [-0.39, 0.29) is 11.8 Å². The number of nitrogens with two attached hydrogens (primary N) is 1. The van der Waals surface area contributed by atoms with E-state index in [4.69, 9.17) is 5.73 Å². The monoisotopic (exact) mass is 437 g/mol. The van der Waals surface area contributed by atoms with Crippen LogP contribution in [0.5, 0.6) is 0 Å². The van der Waals surface area contributed by atoms with Gasteiger partial charge in [0, 0.05) is 17.7 Å². The fourth-order valence-corrected chi connectivity index (χ4v) is 4.02. The maximum absolute atomic E-state index is 11.7. The molecular weight excluding hydrogens is 410 g/mol. The molecule has 3 amide bonds. The molecule has 162 valence electrons. The lowest BCUT2D eigenvalue weighted by Gasteiger charge is -2.19. The average molecular weight is 438 g/mol. The van der Waals surface area contributed by atoms with Crippen molar-refractivity contribution in [2.45, 2.75) is 44.7 Å². The smallest absolute Gasteiger partial charge is 0.318 e. The van der Waals surface area contributed by atoms with Crippen LogP contribution in [0, 0.1) is 6.92 Å². The second kappa shape index (κ2) is 9.34. The summed E-state index contributed by atoms with van der Waals surface area (Å²) in [6, 6.07) is 15.5. The summed E-state index contributed by atoms with van der Waals surface area (Å²) in [5.41, 5.74) is 9.33. The van der Waals surface area contributed by atoms with Crippen LogP contribution < -0.4 is 11.1 Å². The molecule has 3 rings (SSSR count). The van der Waals surface area contributed by atoms with Gasteiger partial charge >= 0.3 is 6.03 Å². The zero-order chi connectivity index (χ0) is 22.6. The number of carbonyl (C=O) groups is 2. The van der Waals surface area contributed by atoms with Gasteiger partial charge in [-0.2, -0.15) is 0 Å². The van der Waals surface area contributed by atoms with Crippen molar-refractivity contribution in [3.8, 4) is 17.1 Å². The zero-order valence-electron chi connectivity index (χ0n) is 18.2. The molecule has 3 aromatic rings. The Kier molecular flexibility index (Phi) is 6.80. The number of imide groups is 1. The molecule has 1 aromatic heterocycles. The van der Waals surface area contributed by atoms with Gasteiger partial charge < -0.3 is 5.73 Å². The van der Waals surface area contributed by atoms with E-state index in [9.17, 15) is 9.59 Å². The molecule has 31 heavy (non-hydrogen) atoms. The Labute approximate surface area is 186 Å². The lowest BCUT2D eigenvalue weighted by Crippen LogP contribution is -2.35. The first-order chi connectivity index (χ1) is 14.7. The number of urea groups is 1. The van der Waals surface area contributed by atoms with Gasteiger partial charge in [0.25, 0.3) is 0 Å². The SMILES string of the molecule is Cc1ccccc1-n1c(SCCC(=O)NC(N)=O)nnc1-c1ccc(C(C)(C)C)cc1. The van der Waals surface area contributed by atoms with Gasteiger partial charge in [-0.25, -0.2) is 4.79 Å². The molecule has 0 saturated carbocycles. The number of aromatic nitrogens is 3. The van der Waals surface area contributed by atoms with Crippen molar-refractivity contribution in [3.63, 3.8) is 0 Å². The van der Waals surface area contributed by atoms with Gasteiger partial charge in [-0.1, -0.05) is 75.0 Å².